The smallest absolute Gasteiger partial charge is 0.324 e. The van der Waals surface area contributed by atoms with Crippen molar-refractivity contribution in [2.24, 2.45) is 4.99 Å². The van der Waals surface area contributed by atoms with Gasteiger partial charge in [-0.05, 0) is 49.2 Å². The number of amidine groups is 1. The number of aliphatic imine (C=N–C) groups is 1. The zero-order valence-electron chi connectivity index (χ0n) is 17.9. The maximum Gasteiger partial charge on any atom is 0.418 e. The van der Waals surface area contributed by atoms with Gasteiger partial charge in [0.1, 0.15) is 6.54 Å². The van der Waals surface area contributed by atoms with E-state index in [9.17, 15) is 26.4 Å². The summed E-state index contributed by atoms with van der Waals surface area (Å²) in [6.07, 6.45) is -4.61. The second-order valence-electron chi connectivity index (χ2n) is 8.16. The van der Waals surface area contributed by atoms with Crippen LogP contribution < -0.4 is 10.2 Å². The van der Waals surface area contributed by atoms with E-state index in [4.69, 9.17) is 0 Å². The highest BCUT2D eigenvalue weighted by Gasteiger charge is 2.44. The number of hydrogen-bond donors (Lipinski definition) is 1. The minimum Gasteiger partial charge on any atom is -0.324 e. The number of fused-ring (bicyclic) bond motifs is 1. The van der Waals surface area contributed by atoms with Gasteiger partial charge >= 0.3 is 6.18 Å². The van der Waals surface area contributed by atoms with Crippen molar-refractivity contribution >= 4 is 44.0 Å². The monoisotopic (exact) mass is 497 g/mol. The summed E-state index contributed by atoms with van der Waals surface area (Å²) in [6, 6.07) is 9.99. The Morgan fingerprint density at radius 3 is 2.55 bits per heavy atom. The summed E-state index contributed by atoms with van der Waals surface area (Å²) in [5.41, 5.74) is 1.44. The number of hydrogen-bond acceptors (Lipinski definition) is 6. The normalized spacial score (nSPS) is 21.4. The van der Waals surface area contributed by atoms with Gasteiger partial charge in [-0.2, -0.15) is 13.2 Å². The van der Waals surface area contributed by atoms with Gasteiger partial charge in [-0.15, -0.1) is 0 Å². The van der Waals surface area contributed by atoms with Crippen molar-refractivity contribution < 1.29 is 26.4 Å². The summed E-state index contributed by atoms with van der Waals surface area (Å²) in [6.45, 7) is 3.59. The molecule has 1 N–H and O–H groups in total. The molecule has 0 aliphatic carbocycles. The molecule has 0 aromatic heterocycles. The first-order chi connectivity index (χ1) is 15.4. The van der Waals surface area contributed by atoms with E-state index in [1.165, 1.54) is 30.0 Å². The molecule has 1 fully saturated rings. The van der Waals surface area contributed by atoms with Crippen molar-refractivity contribution in [1.29, 1.82) is 0 Å². The molecule has 2 aromatic carbocycles. The fourth-order valence-electron chi connectivity index (χ4n) is 3.81. The van der Waals surface area contributed by atoms with Crippen LogP contribution in [0.5, 0.6) is 0 Å². The molecule has 11 heteroatoms. The SMILES string of the molecule is Cc1ccc(N(CC(=O)Nc2ccccc2C(F)(F)F)C2=N[C@@H]3CS(=O)(=O)C[C@H]3S2)cc1C. The van der Waals surface area contributed by atoms with Gasteiger partial charge in [0.05, 0.1) is 28.8 Å². The number of para-hydroxylation sites is 1. The second kappa shape index (κ2) is 8.68. The summed E-state index contributed by atoms with van der Waals surface area (Å²) >= 11 is 1.29. The molecule has 2 atom stereocenters. The van der Waals surface area contributed by atoms with E-state index in [1.807, 2.05) is 32.0 Å². The molecule has 1 saturated heterocycles. The fraction of sp³-hybridized carbons (Fsp3) is 0.364. The van der Waals surface area contributed by atoms with Gasteiger partial charge in [-0.1, -0.05) is 30.0 Å². The highest BCUT2D eigenvalue weighted by Crippen LogP contribution is 2.37. The molecule has 4 rings (SSSR count). The van der Waals surface area contributed by atoms with Gasteiger partial charge in [-0.25, -0.2) is 8.42 Å². The second-order valence-corrected chi connectivity index (χ2v) is 11.5. The standard InChI is InChI=1S/C22H22F3N3O3S2/c1-13-7-8-15(9-14(13)2)28(21-27-18-11-33(30,31)12-19(18)32-21)10-20(29)26-17-6-4-3-5-16(17)22(23,24)25/h3-9,18-19H,10-12H2,1-2H3,(H,26,29)/t18-,19-/m1/s1. The van der Waals surface area contributed by atoms with Crippen molar-refractivity contribution in [1.82, 2.24) is 0 Å². The largest absolute Gasteiger partial charge is 0.418 e. The Morgan fingerprint density at radius 1 is 1.15 bits per heavy atom. The lowest BCUT2D eigenvalue weighted by molar-refractivity contribution is -0.137. The number of halogens is 3. The molecule has 1 amide bonds. The highest BCUT2D eigenvalue weighted by molar-refractivity contribution is 8.15. The maximum atomic E-state index is 13.3. The lowest BCUT2D eigenvalue weighted by Crippen LogP contribution is -2.37. The van der Waals surface area contributed by atoms with Crippen LogP contribution in [0.15, 0.2) is 47.5 Å². The molecule has 0 radical (unpaired) electrons. The van der Waals surface area contributed by atoms with Crippen LogP contribution in [-0.4, -0.2) is 48.8 Å². The number of benzene rings is 2. The van der Waals surface area contributed by atoms with Gasteiger partial charge in [0.15, 0.2) is 15.0 Å². The summed E-state index contributed by atoms with van der Waals surface area (Å²) in [5.74, 6) is -0.667. The van der Waals surface area contributed by atoms with Gasteiger partial charge in [-0.3, -0.25) is 9.79 Å². The molecule has 2 aromatic rings. The van der Waals surface area contributed by atoms with Gasteiger partial charge in [0, 0.05) is 10.9 Å². The first-order valence-electron chi connectivity index (χ1n) is 10.2. The van der Waals surface area contributed by atoms with Crippen molar-refractivity contribution in [2.75, 3.05) is 28.3 Å². The molecule has 33 heavy (non-hydrogen) atoms. The minimum absolute atomic E-state index is 0.0151. The van der Waals surface area contributed by atoms with Crippen LogP contribution in [0.4, 0.5) is 24.5 Å². The molecular weight excluding hydrogens is 475 g/mol. The van der Waals surface area contributed by atoms with Crippen LogP contribution in [-0.2, 0) is 20.8 Å². The first-order valence-corrected chi connectivity index (χ1v) is 12.9. The lowest BCUT2D eigenvalue weighted by Gasteiger charge is -2.25. The van der Waals surface area contributed by atoms with E-state index in [0.29, 0.717) is 10.9 Å². The number of anilines is 2. The third-order valence-electron chi connectivity index (χ3n) is 5.65. The minimum atomic E-state index is -4.61. The zero-order valence-corrected chi connectivity index (χ0v) is 19.5. The third kappa shape index (κ3) is 5.19. The topological polar surface area (TPSA) is 78.8 Å². The summed E-state index contributed by atoms with van der Waals surface area (Å²) in [5, 5.41) is 2.63. The number of sulfone groups is 1. The molecule has 0 bridgehead atoms. The van der Waals surface area contributed by atoms with Crippen LogP contribution in [0.25, 0.3) is 0 Å². The predicted molar refractivity (Wildman–Crippen MR) is 125 cm³/mol. The quantitative estimate of drug-likeness (QED) is 0.690. The van der Waals surface area contributed by atoms with Crippen LogP contribution in [0, 0.1) is 13.8 Å². The van der Waals surface area contributed by atoms with Crippen molar-refractivity contribution in [3.8, 4) is 0 Å². The van der Waals surface area contributed by atoms with Crippen LogP contribution in [0.3, 0.4) is 0 Å². The Morgan fingerprint density at radius 2 is 1.88 bits per heavy atom. The van der Waals surface area contributed by atoms with Gasteiger partial charge in [0.2, 0.25) is 5.91 Å². The molecule has 176 valence electrons. The number of nitrogens with one attached hydrogen (secondary N) is 1. The molecule has 0 unspecified atom stereocenters. The fourth-order valence-corrected chi connectivity index (χ4v) is 7.59. The highest BCUT2D eigenvalue weighted by atomic mass is 32.2. The van der Waals surface area contributed by atoms with Crippen LogP contribution in [0.2, 0.25) is 0 Å². The summed E-state index contributed by atoms with van der Waals surface area (Å²) in [4.78, 5) is 19.0. The van der Waals surface area contributed by atoms with E-state index in [-0.39, 0.29) is 29.0 Å². The molecule has 0 spiro atoms. The number of aryl methyl sites for hydroxylation is 2. The number of amides is 1. The molecular formula is C22H22F3N3O3S2. The Hall–Kier alpha value is -2.53. The van der Waals surface area contributed by atoms with Crippen molar-refractivity contribution in [3.63, 3.8) is 0 Å². The van der Waals surface area contributed by atoms with E-state index in [2.05, 4.69) is 10.3 Å². The number of rotatable bonds is 4. The molecule has 6 nitrogen and oxygen atoms in total. The van der Waals surface area contributed by atoms with Crippen molar-refractivity contribution in [2.45, 2.75) is 31.3 Å². The number of nitrogens with zero attached hydrogens (tertiary/aromatic N) is 2. The van der Waals surface area contributed by atoms with Crippen LogP contribution in [0.1, 0.15) is 16.7 Å². The number of alkyl halides is 3. The zero-order chi connectivity index (χ0) is 24.0. The molecule has 2 aliphatic heterocycles. The lowest BCUT2D eigenvalue weighted by atomic mass is 10.1. The first kappa shape index (κ1) is 23.6. The third-order valence-corrected chi connectivity index (χ3v) is 8.89. The predicted octanol–water partition coefficient (Wildman–Crippen LogP) is 4.04. The van der Waals surface area contributed by atoms with Crippen molar-refractivity contribution in [3.05, 3.63) is 59.2 Å². The maximum absolute atomic E-state index is 13.3. The van der Waals surface area contributed by atoms with Crippen LogP contribution >= 0.6 is 11.8 Å². The Bertz CT molecular complexity index is 1230. The van der Waals surface area contributed by atoms with E-state index < -0.39 is 33.5 Å². The molecule has 2 heterocycles. The molecule has 0 saturated carbocycles. The van der Waals surface area contributed by atoms with E-state index in [0.717, 1.165) is 17.2 Å². The van der Waals surface area contributed by atoms with E-state index >= 15 is 0 Å². The van der Waals surface area contributed by atoms with Gasteiger partial charge in [0.25, 0.3) is 0 Å². The summed E-state index contributed by atoms with van der Waals surface area (Å²) < 4.78 is 63.8. The average molecular weight is 498 g/mol. The Labute approximate surface area is 194 Å². The van der Waals surface area contributed by atoms with E-state index in [1.54, 1.807) is 4.90 Å². The molecule has 2 aliphatic rings. The van der Waals surface area contributed by atoms with Gasteiger partial charge < -0.3 is 10.2 Å². The Balaban J connectivity index is 1.61. The average Bonchev–Trinajstić information content (AvgIpc) is 3.21. The Kier molecular flexibility index (Phi) is 6.21. The number of thioether (sulfide) groups is 1. The summed E-state index contributed by atoms with van der Waals surface area (Å²) in [7, 11) is -3.15. The number of carbonyl (C=O) groups is 1. The number of carbonyl (C=O) groups excluding carboxylic acids is 1.